The maximum absolute atomic E-state index is 11.2. The maximum Gasteiger partial charge on any atom is 0.188 e. The summed E-state index contributed by atoms with van der Waals surface area (Å²) < 4.78 is 11.2. The summed E-state index contributed by atoms with van der Waals surface area (Å²) in [6.07, 6.45) is 8.88. The highest BCUT2D eigenvalue weighted by molar-refractivity contribution is 7.84. The zero-order valence-electron chi connectivity index (χ0n) is 10.9. The molecular formula is C12H25N3OS. The lowest BCUT2D eigenvalue weighted by Crippen LogP contribution is -2.41. The number of hydrogen-bond donors (Lipinski definition) is 2. The molecule has 0 aromatic carbocycles. The highest BCUT2D eigenvalue weighted by atomic mass is 32.2. The van der Waals surface area contributed by atoms with Crippen molar-refractivity contribution in [2.24, 2.45) is 10.7 Å². The van der Waals surface area contributed by atoms with E-state index in [0.717, 1.165) is 6.42 Å². The predicted molar refractivity (Wildman–Crippen MR) is 74.6 cm³/mol. The molecule has 1 aliphatic rings. The molecule has 17 heavy (non-hydrogen) atoms. The Labute approximate surface area is 107 Å². The SMILES string of the molecule is CC(CCN=C(N)NC1CCCCC1)S(C)=O. The van der Waals surface area contributed by atoms with Crippen molar-refractivity contribution in [3.8, 4) is 0 Å². The van der Waals surface area contributed by atoms with Crippen LogP contribution in [0.4, 0.5) is 0 Å². The molecule has 1 rings (SSSR count). The topological polar surface area (TPSA) is 67.5 Å². The van der Waals surface area contributed by atoms with Gasteiger partial charge in [-0.25, -0.2) is 0 Å². The zero-order valence-corrected chi connectivity index (χ0v) is 11.8. The number of nitrogens with two attached hydrogens (primary N) is 1. The van der Waals surface area contributed by atoms with Crippen LogP contribution < -0.4 is 11.1 Å². The monoisotopic (exact) mass is 259 g/mol. The third kappa shape index (κ3) is 6.05. The Morgan fingerprint density at radius 3 is 2.71 bits per heavy atom. The largest absolute Gasteiger partial charge is 0.370 e. The molecule has 0 bridgehead atoms. The standard InChI is InChI=1S/C12H25N3OS/c1-10(17(2)16)8-9-14-12(13)15-11-6-4-3-5-7-11/h10-11H,3-9H2,1-2H3,(H3,13,14,15). The summed E-state index contributed by atoms with van der Waals surface area (Å²) in [7, 11) is -0.762. The smallest absolute Gasteiger partial charge is 0.188 e. The van der Waals surface area contributed by atoms with Crippen LogP contribution in [0.1, 0.15) is 45.4 Å². The molecule has 2 atom stereocenters. The van der Waals surface area contributed by atoms with Crippen LogP contribution in [0.25, 0.3) is 0 Å². The normalized spacial score (nSPS) is 22.1. The molecule has 0 aromatic heterocycles. The second kappa shape index (κ2) is 7.69. The van der Waals surface area contributed by atoms with Gasteiger partial charge in [-0.3, -0.25) is 9.20 Å². The first kappa shape index (κ1) is 14.5. The average Bonchev–Trinajstić information content (AvgIpc) is 2.30. The summed E-state index contributed by atoms with van der Waals surface area (Å²) in [5.41, 5.74) is 5.83. The number of rotatable bonds is 5. The van der Waals surface area contributed by atoms with E-state index in [1.165, 1.54) is 32.1 Å². The van der Waals surface area contributed by atoms with Crippen LogP contribution in [0.3, 0.4) is 0 Å². The Morgan fingerprint density at radius 2 is 2.12 bits per heavy atom. The summed E-state index contributed by atoms with van der Waals surface area (Å²) in [5, 5.41) is 3.47. The molecular weight excluding hydrogens is 234 g/mol. The molecule has 4 nitrogen and oxygen atoms in total. The molecule has 0 aromatic rings. The van der Waals surface area contributed by atoms with Gasteiger partial charge in [0.1, 0.15) is 0 Å². The first-order valence-electron chi connectivity index (χ1n) is 6.48. The molecule has 1 fully saturated rings. The summed E-state index contributed by atoms with van der Waals surface area (Å²) in [6, 6.07) is 0.505. The number of nitrogens with one attached hydrogen (secondary N) is 1. The third-order valence-corrected chi connectivity index (χ3v) is 4.71. The number of nitrogens with zero attached hydrogens (tertiary/aromatic N) is 1. The molecule has 0 aliphatic heterocycles. The number of guanidine groups is 1. The number of hydrogen-bond acceptors (Lipinski definition) is 2. The van der Waals surface area contributed by atoms with E-state index in [1.807, 2.05) is 6.92 Å². The van der Waals surface area contributed by atoms with E-state index in [1.54, 1.807) is 6.26 Å². The fourth-order valence-corrected chi connectivity index (χ4v) is 2.47. The van der Waals surface area contributed by atoms with Crippen molar-refractivity contribution >= 4 is 16.8 Å². The lowest BCUT2D eigenvalue weighted by atomic mass is 9.96. The van der Waals surface area contributed by atoms with Gasteiger partial charge in [-0.2, -0.15) is 0 Å². The van der Waals surface area contributed by atoms with Gasteiger partial charge in [0, 0.05) is 34.9 Å². The summed E-state index contributed by atoms with van der Waals surface area (Å²) >= 11 is 0. The number of aliphatic imine (C=N–C) groups is 1. The lowest BCUT2D eigenvalue weighted by molar-refractivity contribution is 0.412. The van der Waals surface area contributed by atoms with Gasteiger partial charge < -0.3 is 11.1 Å². The van der Waals surface area contributed by atoms with Crippen LogP contribution in [-0.4, -0.2) is 34.3 Å². The molecule has 5 heteroatoms. The second-order valence-electron chi connectivity index (χ2n) is 4.84. The molecule has 0 radical (unpaired) electrons. The van der Waals surface area contributed by atoms with E-state index < -0.39 is 10.8 Å². The van der Waals surface area contributed by atoms with Crippen LogP contribution in [0.5, 0.6) is 0 Å². The summed E-state index contributed by atoms with van der Waals surface area (Å²) in [6.45, 7) is 2.64. The minimum atomic E-state index is -0.762. The minimum absolute atomic E-state index is 0.196. The third-order valence-electron chi connectivity index (χ3n) is 3.34. The van der Waals surface area contributed by atoms with Gasteiger partial charge in [0.2, 0.25) is 0 Å². The minimum Gasteiger partial charge on any atom is -0.370 e. The van der Waals surface area contributed by atoms with Gasteiger partial charge in [0.05, 0.1) is 0 Å². The lowest BCUT2D eigenvalue weighted by Gasteiger charge is -2.23. The molecule has 100 valence electrons. The Kier molecular flexibility index (Phi) is 6.55. The van der Waals surface area contributed by atoms with E-state index in [-0.39, 0.29) is 5.25 Å². The quantitative estimate of drug-likeness (QED) is 0.579. The fraction of sp³-hybridized carbons (Fsp3) is 0.917. The highest BCUT2D eigenvalue weighted by Crippen LogP contribution is 2.16. The Bertz CT molecular complexity index is 275. The zero-order chi connectivity index (χ0) is 12.7. The van der Waals surface area contributed by atoms with Gasteiger partial charge in [-0.15, -0.1) is 0 Å². The Hall–Kier alpha value is -0.580. The Morgan fingerprint density at radius 1 is 1.47 bits per heavy atom. The summed E-state index contributed by atoms with van der Waals surface area (Å²) in [4.78, 5) is 4.29. The van der Waals surface area contributed by atoms with Crippen molar-refractivity contribution in [2.75, 3.05) is 12.8 Å². The van der Waals surface area contributed by atoms with Crippen molar-refractivity contribution in [3.05, 3.63) is 0 Å². The second-order valence-corrected chi connectivity index (χ2v) is 6.65. The van der Waals surface area contributed by atoms with E-state index in [0.29, 0.717) is 18.5 Å². The van der Waals surface area contributed by atoms with Crippen molar-refractivity contribution < 1.29 is 4.21 Å². The van der Waals surface area contributed by atoms with Crippen LogP contribution in [0.15, 0.2) is 4.99 Å². The first-order valence-corrected chi connectivity index (χ1v) is 8.10. The van der Waals surface area contributed by atoms with E-state index >= 15 is 0 Å². The van der Waals surface area contributed by atoms with E-state index in [9.17, 15) is 4.21 Å². The Balaban J connectivity index is 2.21. The van der Waals surface area contributed by atoms with Crippen LogP contribution in [0, 0.1) is 0 Å². The van der Waals surface area contributed by atoms with Gasteiger partial charge >= 0.3 is 0 Å². The van der Waals surface area contributed by atoms with Crippen LogP contribution >= 0.6 is 0 Å². The van der Waals surface area contributed by atoms with Gasteiger partial charge in [-0.05, 0) is 19.3 Å². The predicted octanol–water partition coefficient (Wildman–Crippen LogP) is 1.38. The summed E-state index contributed by atoms with van der Waals surface area (Å²) in [5.74, 6) is 0.547. The molecule has 0 spiro atoms. The molecule has 1 saturated carbocycles. The van der Waals surface area contributed by atoms with Crippen molar-refractivity contribution in [1.29, 1.82) is 0 Å². The molecule has 0 saturated heterocycles. The molecule has 2 unspecified atom stereocenters. The highest BCUT2D eigenvalue weighted by Gasteiger charge is 2.13. The van der Waals surface area contributed by atoms with Crippen LogP contribution in [-0.2, 0) is 10.8 Å². The van der Waals surface area contributed by atoms with Gasteiger partial charge in [-0.1, -0.05) is 26.2 Å². The first-order chi connectivity index (χ1) is 8.09. The molecule has 0 amide bonds. The van der Waals surface area contributed by atoms with Crippen LogP contribution in [0.2, 0.25) is 0 Å². The van der Waals surface area contributed by atoms with Crippen molar-refractivity contribution in [2.45, 2.75) is 56.7 Å². The fourth-order valence-electron chi connectivity index (χ4n) is 2.03. The average molecular weight is 259 g/mol. The molecule has 1 aliphatic carbocycles. The molecule has 3 N–H and O–H groups in total. The van der Waals surface area contributed by atoms with Crippen molar-refractivity contribution in [3.63, 3.8) is 0 Å². The van der Waals surface area contributed by atoms with E-state index in [4.69, 9.17) is 5.73 Å². The van der Waals surface area contributed by atoms with Gasteiger partial charge in [0.15, 0.2) is 5.96 Å². The van der Waals surface area contributed by atoms with Gasteiger partial charge in [0.25, 0.3) is 0 Å². The molecule has 0 heterocycles. The maximum atomic E-state index is 11.2. The van der Waals surface area contributed by atoms with E-state index in [2.05, 4.69) is 10.3 Å². The van der Waals surface area contributed by atoms with Crippen molar-refractivity contribution in [1.82, 2.24) is 5.32 Å².